The first-order valence-corrected chi connectivity index (χ1v) is 4.79. The molecule has 1 aromatic rings. The smallest absolute Gasteiger partial charge is 0.226 e. The first kappa shape index (κ1) is 10.8. The molecule has 0 N–H and O–H groups in total. The Morgan fingerprint density at radius 2 is 2.36 bits per heavy atom. The van der Waals surface area contributed by atoms with E-state index in [4.69, 9.17) is 5.53 Å². The van der Waals surface area contributed by atoms with Crippen molar-refractivity contribution >= 4 is 21.8 Å². The number of hydrogen-bond acceptors (Lipinski definition) is 1. The summed E-state index contributed by atoms with van der Waals surface area (Å²) in [6.45, 7) is 1.71. The van der Waals surface area contributed by atoms with Gasteiger partial charge in [0, 0.05) is 15.3 Å². The summed E-state index contributed by atoms with van der Waals surface area (Å²) in [5.74, 6) is -0.867. The molecule has 0 spiro atoms. The highest BCUT2D eigenvalue weighted by atomic mass is 79.9. The van der Waals surface area contributed by atoms with Gasteiger partial charge in [0.05, 0.1) is 0 Å². The van der Waals surface area contributed by atoms with E-state index in [1.165, 1.54) is 0 Å². The maximum absolute atomic E-state index is 11.2. The van der Waals surface area contributed by atoms with Crippen molar-refractivity contribution in [3.05, 3.63) is 44.7 Å². The van der Waals surface area contributed by atoms with Crippen molar-refractivity contribution in [2.24, 2.45) is 5.11 Å². The highest BCUT2D eigenvalue weighted by molar-refractivity contribution is 9.10. The Bertz CT molecular complexity index is 399. The van der Waals surface area contributed by atoms with E-state index in [0.717, 1.165) is 10.0 Å². The van der Waals surface area contributed by atoms with E-state index >= 15 is 0 Å². The summed E-state index contributed by atoms with van der Waals surface area (Å²) in [7, 11) is 0. The average molecular weight is 254 g/mol. The fourth-order valence-corrected chi connectivity index (χ4v) is 1.47. The normalized spacial score (nSPS) is 11.6. The third-order valence-electron chi connectivity index (χ3n) is 1.86. The molecule has 14 heavy (non-hydrogen) atoms. The second-order valence-corrected chi connectivity index (χ2v) is 3.72. The van der Waals surface area contributed by atoms with E-state index in [2.05, 4.69) is 26.0 Å². The molecular formula is C9H8BrN3O. The van der Waals surface area contributed by atoms with Crippen LogP contribution in [0.2, 0.25) is 0 Å². The molecule has 4 nitrogen and oxygen atoms in total. The molecule has 0 saturated carbocycles. The van der Waals surface area contributed by atoms with E-state index in [1.54, 1.807) is 6.92 Å². The second-order valence-electron chi connectivity index (χ2n) is 2.80. The van der Waals surface area contributed by atoms with Crippen LogP contribution in [0.4, 0.5) is 0 Å². The average Bonchev–Trinajstić information content (AvgIpc) is 2.17. The lowest BCUT2D eigenvalue weighted by Gasteiger charge is -2.06. The van der Waals surface area contributed by atoms with Crippen molar-refractivity contribution in [1.82, 2.24) is 0 Å². The summed E-state index contributed by atoms with van der Waals surface area (Å²) in [4.78, 5) is 13.7. The van der Waals surface area contributed by atoms with Crippen LogP contribution in [0.25, 0.3) is 10.4 Å². The van der Waals surface area contributed by atoms with Crippen molar-refractivity contribution in [2.75, 3.05) is 0 Å². The molecule has 0 aliphatic carbocycles. The summed E-state index contributed by atoms with van der Waals surface area (Å²) in [5.41, 5.74) is 8.95. The van der Waals surface area contributed by atoms with Gasteiger partial charge in [-0.1, -0.05) is 35.0 Å². The van der Waals surface area contributed by atoms with E-state index in [0.29, 0.717) is 0 Å². The van der Waals surface area contributed by atoms with E-state index in [1.807, 2.05) is 24.3 Å². The van der Waals surface area contributed by atoms with Crippen molar-refractivity contribution < 1.29 is 4.79 Å². The maximum atomic E-state index is 11.2. The number of rotatable bonds is 2. The lowest BCUT2D eigenvalue weighted by molar-refractivity contribution is -0.119. The standard InChI is InChI=1S/C9H8BrN3O/c1-6(9(14)12-13-11)7-3-2-4-8(10)5-7/h2-6H,1H3. The molecule has 0 radical (unpaired) electrons. The molecule has 0 bridgehead atoms. The fraction of sp³-hybridized carbons (Fsp3) is 0.222. The Labute approximate surface area is 89.7 Å². The van der Waals surface area contributed by atoms with Crippen LogP contribution in [0, 0.1) is 0 Å². The Hall–Kier alpha value is -1.32. The predicted octanol–water partition coefficient (Wildman–Crippen LogP) is 3.39. The minimum Gasteiger partial charge on any atom is -0.292 e. The Morgan fingerprint density at radius 1 is 1.64 bits per heavy atom. The van der Waals surface area contributed by atoms with Crippen LogP contribution in [-0.4, -0.2) is 5.91 Å². The summed E-state index contributed by atoms with van der Waals surface area (Å²) in [5, 5.41) is 3.06. The van der Waals surface area contributed by atoms with Gasteiger partial charge in [-0.3, -0.25) is 4.79 Å². The summed E-state index contributed by atoms with van der Waals surface area (Å²) < 4.78 is 0.899. The zero-order chi connectivity index (χ0) is 10.6. The molecule has 1 amide bonds. The molecule has 1 atom stereocenters. The van der Waals surface area contributed by atoms with Crippen LogP contribution >= 0.6 is 15.9 Å². The van der Waals surface area contributed by atoms with Gasteiger partial charge >= 0.3 is 0 Å². The zero-order valence-corrected chi connectivity index (χ0v) is 9.10. The van der Waals surface area contributed by atoms with Crippen LogP contribution in [0.1, 0.15) is 18.4 Å². The minimum atomic E-state index is -0.467. The molecule has 0 fully saturated rings. The molecule has 1 unspecified atom stereocenters. The highest BCUT2D eigenvalue weighted by Gasteiger charge is 2.13. The topological polar surface area (TPSA) is 65.8 Å². The third-order valence-corrected chi connectivity index (χ3v) is 2.36. The SMILES string of the molecule is CC(C(=O)N=[N+]=[N-])c1cccc(Br)c1. The van der Waals surface area contributed by atoms with Gasteiger partial charge in [0.1, 0.15) is 0 Å². The van der Waals surface area contributed by atoms with E-state index < -0.39 is 11.8 Å². The largest absolute Gasteiger partial charge is 0.292 e. The molecule has 1 aromatic carbocycles. The van der Waals surface area contributed by atoms with Crippen molar-refractivity contribution in [3.63, 3.8) is 0 Å². The van der Waals surface area contributed by atoms with Gasteiger partial charge in [-0.2, -0.15) is 0 Å². The number of carbonyl (C=O) groups is 1. The van der Waals surface area contributed by atoms with Gasteiger partial charge in [-0.05, 0) is 28.3 Å². The molecule has 0 aliphatic rings. The number of azide groups is 1. The van der Waals surface area contributed by atoms with Crippen LogP contribution in [0.5, 0.6) is 0 Å². The number of carbonyl (C=O) groups excluding carboxylic acids is 1. The second kappa shape index (κ2) is 4.79. The first-order chi connectivity index (χ1) is 6.65. The van der Waals surface area contributed by atoms with Crippen molar-refractivity contribution in [2.45, 2.75) is 12.8 Å². The monoisotopic (exact) mass is 253 g/mol. The highest BCUT2D eigenvalue weighted by Crippen LogP contribution is 2.20. The van der Waals surface area contributed by atoms with Gasteiger partial charge in [-0.25, -0.2) is 0 Å². The number of amides is 1. The molecule has 0 aliphatic heterocycles. The molecular weight excluding hydrogens is 246 g/mol. The van der Waals surface area contributed by atoms with E-state index in [9.17, 15) is 4.79 Å². The quantitative estimate of drug-likeness (QED) is 0.453. The lowest BCUT2D eigenvalue weighted by Crippen LogP contribution is -2.04. The van der Waals surface area contributed by atoms with Gasteiger partial charge in [0.15, 0.2) is 0 Å². The van der Waals surface area contributed by atoms with Gasteiger partial charge in [0.25, 0.3) is 0 Å². The maximum Gasteiger partial charge on any atom is 0.226 e. The fourth-order valence-electron chi connectivity index (χ4n) is 1.05. The van der Waals surface area contributed by atoms with Crippen molar-refractivity contribution in [1.29, 1.82) is 0 Å². The van der Waals surface area contributed by atoms with Gasteiger partial charge < -0.3 is 0 Å². The Balaban J connectivity index is 2.94. The van der Waals surface area contributed by atoms with Crippen LogP contribution < -0.4 is 0 Å². The molecule has 72 valence electrons. The summed E-state index contributed by atoms with van der Waals surface area (Å²) in [6, 6.07) is 7.35. The summed E-state index contributed by atoms with van der Waals surface area (Å²) in [6.07, 6.45) is 0. The third kappa shape index (κ3) is 2.58. The first-order valence-electron chi connectivity index (χ1n) is 3.99. The minimum absolute atomic E-state index is 0.400. The molecule has 1 rings (SSSR count). The predicted molar refractivity (Wildman–Crippen MR) is 56.7 cm³/mol. The number of hydrogen-bond donors (Lipinski definition) is 0. The van der Waals surface area contributed by atoms with Crippen molar-refractivity contribution in [3.8, 4) is 0 Å². The molecule has 0 saturated heterocycles. The van der Waals surface area contributed by atoms with Crippen LogP contribution in [0.15, 0.2) is 33.9 Å². The number of benzene rings is 1. The molecule has 5 heteroatoms. The Kier molecular flexibility index (Phi) is 3.68. The van der Waals surface area contributed by atoms with E-state index in [-0.39, 0.29) is 0 Å². The zero-order valence-electron chi connectivity index (χ0n) is 7.51. The molecule has 0 aromatic heterocycles. The van der Waals surface area contributed by atoms with Crippen LogP contribution in [-0.2, 0) is 4.79 Å². The Morgan fingerprint density at radius 3 is 2.93 bits per heavy atom. The molecule has 0 heterocycles. The van der Waals surface area contributed by atoms with Gasteiger partial charge in [0.2, 0.25) is 5.91 Å². The lowest BCUT2D eigenvalue weighted by atomic mass is 10.0. The summed E-state index contributed by atoms with van der Waals surface area (Å²) >= 11 is 3.30. The number of nitrogens with zero attached hydrogens (tertiary/aromatic N) is 3. The number of halogens is 1. The van der Waals surface area contributed by atoms with Gasteiger partial charge in [-0.15, -0.1) is 0 Å². The van der Waals surface area contributed by atoms with Crippen LogP contribution in [0.3, 0.4) is 0 Å².